The molecule has 94 valence electrons. The van der Waals surface area contributed by atoms with Gasteiger partial charge in [0.15, 0.2) is 0 Å². The van der Waals surface area contributed by atoms with Crippen LogP contribution in [0.5, 0.6) is 0 Å². The van der Waals surface area contributed by atoms with Gasteiger partial charge in [0.25, 0.3) is 0 Å². The molecule has 1 rings (SSSR count). The Morgan fingerprint density at radius 1 is 1.62 bits per heavy atom. The number of nitrogens with one attached hydrogen (secondary N) is 1. The van der Waals surface area contributed by atoms with Crippen LogP contribution in [-0.2, 0) is 4.74 Å². The van der Waals surface area contributed by atoms with E-state index in [1.54, 1.807) is 0 Å². The maximum absolute atomic E-state index is 5.72. The largest absolute Gasteiger partial charge is 0.374 e. The van der Waals surface area contributed by atoms with Gasteiger partial charge < -0.3 is 15.0 Å². The van der Waals surface area contributed by atoms with Gasteiger partial charge in [0, 0.05) is 25.7 Å². The van der Waals surface area contributed by atoms with Gasteiger partial charge in [0.2, 0.25) is 0 Å². The summed E-state index contributed by atoms with van der Waals surface area (Å²) in [5.74, 6) is 0. The quantitative estimate of drug-likeness (QED) is 0.668. The normalized spacial score (nSPS) is 24.2. The highest BCUT2D eigenvalue weighted by atomic mass is 16.5. The molecule has 0 aliphatic carbocycles. The van der Waals surface area contributed by atoms with Crippen LogP contribution >= 0.6 is 0 Å². The summed E-state index contributed by atoms with van der Waals surface area (Å²) in [5, 5.41) is 3.60. The number of hydrogen-bond donors (Lipinski definition) is 1. The number of likely N-dealkylation sites (N-methyl/N-ethyl adjacent to an activating group) is 1. The van der Waals surface area contributed by atoms with Crippen LogP contribution in [0.25, 0.3) is 0 Å². The molecular weight excluding hydrogens is 200 g/mol. The molecule has 3 nitrogen and oxygen atoms in total. The smallest absolute Gasteiger partial charge is 0.0826 e. The van der Waals surface area contributed by atoms with Crippen molar-refractivity contribution in [3.05, 3.63) is 12.7 Å². The van der Waals surface area contributed by atoms with Crippen molar-refractivity contribution >= 4 is 0 Å². The summed E-state index contributed by atoms with van der Waals surface area (Å²) in [5.41, 5.74) is 0. The van der Waals surface area contributed by atoms with E-state index in [1.165, 1.54) is 12.8 Å². The highest BCUT2D eigenvalue weighted by molar-refractivity contribution is 4.76. The van der Waals surface area contributed by atoms with Crippen LogP contribution in [0.4, 0.5) is 0 Å². The molecule has 0 aromatic carbocycles. The van der Waals surface area contributed by atoms with E-state index >= 15 is 0 Å². The van der Waals surface area contributed by atoms with Crippen molar-refractivity contribution in [2.75, 3.05) is 33.3 Å². The van der Waals surface area contributed by atoms with Crippen molar-refractivity contribution < 1.29 is 4.74 Å². The number of nitrogens with zero attached hydrogens (tertiary/aromatic N) is 1. The van der Waals surface area contributed by atoms with E-state index in [4.69, 9.17) is 4.74 Å². The van der Waals surface area contributed by atoms with Gasteiger partial charge in [0.1, 0.15) is 0 Å². The Balaban J connectivity index is 2.17. The third kappa shape index (κ3) is 5.10. The van der Waals surface area contributed by atoms with Crippen LogP contribution in [0.3, 0.4) is 0 Å². The van der Waals surface area contributed by atoms with Gasteiger partial charge in [0.05, 0.1) is 12.7 Å². The minimum atomic E-state index is 0.358. The van der Waals surface area contributed by atoms with Gasteiger partial charge in [-0.3, -0.25) is 0 Å². The molecule has 0 spiro atoms. The summed E-state index contributed by atoms with van der Waals surface area (Å²) in [6.07, 6.45) is 5.81. The Morgan fingerprint density at radius 2 is 2.44 bits per heavy atom. The van der Waals surface area contributed by atoms with Crippen LogP contribution < -0.4 is 5.32 Å². The fourth-order valence-electron chi connectivity index (χ4n) is 2.06. The fourth-order valence-corrected chi connectivity index (χ4v) is 2.06. The van der Waals surface area contributed by atoms with Crippen LogP contribution in [0.2, 0.25) is 0 Å². The average molecular weight is 226 g/mol. The van der Waals surface area contributed by atoms with E-state index in [9.17, 15) is 0 Å². The molecular formula is C13H26N2O. The first-order chi connectivity index (χ1) is 7.76. The van der Waals surface area contributed by atoms with E-state index in [-0.39, 0.29) is 0 Å². The van der Waals surface area contributed by atoms with Gasteiger partial charge >= 0.3 is 0 Å². The molecule has 0 aromatic rings. The minimum Gasteiger partial charge on any atom is -0.374 e. The lowest BCUT2D eigenvalue weighted by atomic mass is 10.1. The third-order valence-corrected chi connectivity index (χ3v) is 3.19. The fraction of sp³-hybridized carbons (Fsp3) is 0.846. The lowest BCUT2D eigenvalue weighted by molar-refractivity contribution is -0.0194. The SMILES string of the molecule is C=CCCC(CC)NCC1CN(C)CCO1. The van der Waals surface area contributed by atoms with Crippen molar-refractivity contribution in [3.63, 3.8) is 0 Å². The second-order valence-electron chi connectivity index (χ2n) is 4.63. The standard InChI is InChI=1S/C13H26N2O/c1-4-6-7-12(5-2)14-10-13-11-15(3)8-9-16-13/h4,12-14H,1,5-11H2,2-3H3. The average Bonchev–Trinajstić information content (AvgIpc) is 2.29. The van der Waals surface area contributed by atoms with Crippen molar-refractivity contribution in [1.82, 2.24) is 10.2 Å². The predicted molar refractivity (Wildman–Crippen MR) is 68.7 cm³/mol. The molecule has 0 saturated carbocycles. The summed E-state index contributed by atoms with van der Waals surface area (Å²) in [6, 6.07) is 0.605. The topological polar surface area (TPSA) is 24.5 Å². The molecule has 0 radical (unpaired) electrons. The molecule has 1 aliphatic heterocycles. The lowest BCUT2D eigenvalue weighted by Crippen LogP contribution is -2.46. The highest BCUT2D eigenvalue weighted by Crippen LogP contribution is 2.05. The molecule has 2 atom stereocenters. The van der Waals surface area contributed by atoms with E-state index in [0.29, 0.717) is 12.1 Å². The van der Waals surface area contributed by atoms with Crippen LogP contribution in [-0.4, -0.2) is 50.3 Å². The predicted octanol–water partition coefficient (Wildman–Crippen LogP) is 1.65. The molecule has 1 fully saturated rings. The van der Waals surface area contributed by atoms with Crippen LogP contribution in [0, 0.1) is 0 Å². The second kappa shape index (κ2) is 7.82. The van der Waals surface area contributed by atoms with Crippen LogP contribution in [0.1, 0.15) is 26.2 Å². The lowest BCUT2D eigenvalue weighted by Gasteiger charge is -2.31. The summed E-state index contributed by atoms with van der Waals surface area (Å²) < 4.78 is 5.72. The summed E-state index contributed by atoms with van der Waals surface area (Å²) in [4.78, 5) is 2.33. The minimum absolute atomic E-state index is 0.358. The zero-order valence-electron chi connectivity index (χ0n) is 10.7. The van der Waals surface area contributed by atoms with Gasteiger partial charge in [-0.1, -0.05) is 13.0 Å². The Bertz CT molecular complexity index is 196. The number of allylic oxidation sites excluding steroid dienone is 1. The van der Waals surface area contributed by atoms with Gasteiger partial charge in [-0.25, -0.2) is 0 Å². The maximum Gasteiger partial charge on any atom is 0.0826 e. The Kier molecular flexibility index (Phi) is 6.69. The molecule has 1 N–H and O–H groups in total. The maximum atomic E-state index is 5.72. The summed E-state index contributed by atoms with van der Waals surface area (Å²) in [7, 11) is 2.16. The summed E-state index contributed by atoms with van der Waals surface area (Å²) >= 11 is 0. The zero-order chi connectivity index (χ0) is 11.8. The van der Waals surface area contributed by atoms with Crippen LogP contribution in [0.15, 0.2) is 12.7 Å². The number of ether oxygens (including phenoxy) is 1. The molecule has 3 heteroatoms. The second-order valence-corrected chi connectivity index (χ2v) is 4.63. The number of hydrogen-bond acceptors (Lipinski definition) is 3. The molecule has 1 heterocycles. The monoisotopic (exact) mass is 226 g/mol. The molecule has 0 aromatic heterocycles. The van der Waals surface area contributed by atoms with Gasteiger partial charge in [-0.05, 0) is 26.3 Å². The van der Waals surface area contributed by atoms with Crippen molar-refractivity contribution in [1.29, 1.82) is 0 Å². The number of rotatable bonds is 7. The van der Waals surface area contributed by atoms with Gasteiger partial charge in [-0.15, -0.1) is 6.58 Å². The first kappa shape index (κ1) is 13.7. The number of morpholine rings is 1. The molecule has 1 saturated heterocycles. The Labute approximate surface area is 99.8 Å². The van der Waals surface area contributed by atoms with Crippen molar-refractivity contribution in [2.45, 2.75) is 38.3 Å². The summed E-state index contributed by atoms with van der Waals surface area (Å²) in [6.45, 7) is 9.94. The Morgan fingerprint density at radius 3 is 3.06 bits per heavy atom. The Hall–Kier alpha value is -0.380. The molecule has 2 unspecified atom stereocenters. The molecule has 16 heavy (non-hydrogen) atoms. The van der Waals surface area contributed by atoms with Gasteiger partial charge in [-0.2, -0.15) is 0 Å². The zero-order valence-corrected chi connectivity index (χ0v) is 10.7. The van der Waals surface area contributed by atoms with Crippen molar-refractivity contribution in [2.24, 2.45) is 0 Å². The van der Waals surface area contributed by atoms with E-state index in [1.807, 2.05) is 6.08 Å². The molecule has 1 aliphatic rings. The van der Waals surface area contributed by atoms with E-state index < -0.39 is 0 Å². The highest BCUT2D eigenvalue weighted by Gasteiger charge is 2.18. The first-order valence-electron chi connectivity index (χ1n) is 6.40. The molecule has 0 bridgehead atoms. The van der Waals surface area contributed by atoms with Crippen molar-refractivity contribution in [3.8, 4) is 0 Å². The third-order valence-electron chi connectivity index (χ3n) is 3.19. The first-order valence-corrected chi connectivity index (χ1v) is 6.40. The van der Waals surface area contributed by atoms with E-state index in [2.05, 4.69) is 30.8 Å². The van der Waals surface area contributed by atoms with E-state index in [0.717, 1.165) is 32.7 Å². The molecule has 0 amide bonds.